The van der Waals surface area contributed by atoms with Crippen LogP contribution in [0.1, 0.15) is 11.6 Å². The van der Waals surface area contributed by atoms with E-state index in [9.17, 15) is 17.6 Å². The highest BCUT2D eigenvalue weighted by molar-refractivity contribution is 6.30. The van der Waals surface area contributed by atoms with Crippen LogP contribution in [-0.2, 0) is 0 Å². The van der Waals surface area contributed by atoms with Gasteiger partial charge in [-0.05, 0) is 17.7 Å². The van der Waals surface area contributed by atoms with Crippen LogP contribution in [0.25, 0.3) is 0 Å². The van der Waals surface area contributed by atoms with Crippen molar-refractivity contribution in [3.8, 4) is 0 Å². The third-order valence-electron chi connectivity index (χ3n) is 1.66. The van der Waals surface area contributed by atoms with Gasteiger partial charge in [0.25, 0.3) is 0 Å². The molecular weight excluding hydrogens is 222 g/mol. The summed E-state index contributed by atoms with van der Waals surface area (Å²) in [6.45, 7) is 0. The lowest BCUT2D eigenvalue weighted by molar-refractivity contribution is -0.149. The van der Waals surface area contributed by atoms with Gasteiger partial charge in [-0.1, -0.05) is 17.7 Å². The number of hydrogen-bond donors (Lipinski definition) is 1. The van der Waals surface area contributed by atoms with E-state index in [0.717, 1.165) is 12.1 Å². The molecule has 0 unspecified atom stereocenters. The second-order valence-electron chi connectivity index (χ2n) is 2.69. The van der Waals surface area contributed by atoms with Crippen molar-refractivity contribution in [2.45, 2.75) is 12.2 Å². The maximum absolute atomic E-state index is 12.8. The molecule has 1 rings (SSSR count). The van der Waals surface area contributed by atoms with Crippen molar-refractivity contribution < 1.29 is 17.6 Å². The number of benzene rings is 1. The largest absolute Gasteiger partial charge is 0.407 e. The van der Waals surface area contributed by atoms with Crippen molar-refractivity contribution in [3.05, 3.63) is 34.6 Å². The third kappa shape index (κ3) is 2.36. The van der Waals surface area contributed by atoms with E-state index >= 15 is 0 Å². The van der Waals surface area contributed by atoms with Crippen LogP contribution in [0.4, 0.5) is 17.6 Å². The molecule has 0 saturated carbocycles. The molecule has 0 aliphatic rings. The minimum Gasteiger partial charge on any atom is -0.316 e. The highest BCUT2D eigenvalue weighted by Gasteiger charge is 2.37. The Balaban J connectivity index is 3.03. The predicted molar refractivity (Wildman–Crippen MR) is 44.4 cm³/mol. The first-order valence-electron chi connectivity index (χ1n) is 3.59. The first-order chi connectivity index (χ1) is 6.32. The van der Waals surface area contributed by atoms with Crippen LogP contribution >= 0.6 is 11.6 Å². The Morgan fingerprint density at radius 1 is 1.29 bits per heavy atom. The highest BCUT2D eigenvalue weighted by Crippen LogP contribution is 2.31. The van der Waals surface area contributed by atoms with Gasteiger partial charge in [0.1, 0.15) is 11.9 Å². The Kier molecular flexibility index (Phi) is 3.01. The quantitative estimate of drug-likeness (QED) is 0.734. The molecule has 0 saturated heterocycles. The Hall–Kier alpha value is -0.810. The van der Waals surface area contributed by atoms with Gasteiger partial charge in [0.05, 0.1) is 5.02 Å². The fourth-order valence-corrected chi connectivity index (χ4v) is 1.01. The average Bonchev–Trinajstić information content (AvgIpc) is 2.07. The average molecular weight is 228 g/mol. The first-order valence-corrected chi connectivity index (χ1v) is 3.97. The molecule has 2 N–H and O–H groups in total. The maximum atomic E-state index is 12.8. The van der Waals surface area contributed by atoms with Crippen LogP contribution in [0.15, 0.2) is 18.2 Å². The Bertz CT molecular complexity index is 337. The standard InChI is InChI=1S/C8H6ClF4N/c9-5-2-1-4(3-6(5)10)7(14)8(11,12)13/h1-3,7H,14H2/t7-/m1/s1. The van der Waals surface area contributed by atoms with Gasteiger partial charge in [-0.3, -0.25) is 0 Å². The molecule has 1 aromatic carbocycles. The second-order valence-corrected chi connectivity index (χ2v) is 3.10. The number of nitrogens with two attached hydrogens (primary N) is 1. The van der Waals surface area contributed by atoms with Gasteiger partial charge in [0, 0.05) is 0 Å². The molecule has 0 spiro atoms. The van der Waals surface area contributed by atoms with E-state index in [-0.39, 0.29) is 10.6 Å². The van der Waals surface area contributed by atoms with Crippen molar-refractivity contribution in [2.24, 2.45) is 5.73 Å². The molecular formula is C8H6ClF4N. The minimum absolute atomic E-state index is 0.233. The van der Waals surface area contributed by atoms with Crippen LogP contribution in [0, 0.1) is 5.82 Å². The van der Waals surface area contributed by atoms with Gasteiger partial charge in [-0.2, -0.15) is 13.2 Å². The lowest BCUT2D eigenvalue weighted by Gasteiger charge is -2.15. The smallest absolute Gasteiger partial charge is 0.316 e. The summed E-state index contributed by atoms with van der Waals surface area (Å²) >= 11 is 5.30. The highest BCUT2D eigenvalue weighted by atomic mass is 35.5. The van der Waals surface area contributed by atoms with E-state index in [1.165, 1.54) is 0 Å². The lowest BCUT2D eigenvalue weighted by atomic mass is 10.1. The molecule has 14 heavy (non-hydrogen) atoms. The van der Waals surface area contributed by atoms with Gasteiger partial charge in [0.2, 0.25) is 0 Å². The molecule has 0 aromatic heterocycles. The number of halogens is 5. The predicted octanol–water partition coefficient (Wildman–Crippen LogP) is 3.04. The van der Waals surface area contributed by atoms with Crippen molar-refractivity contribution in [2.75, 3.05) is 0 Å². The van der Waals surface area contributed by atoms with Crippen molar-refractivity contribution in [1.82, 2.24) is 0 Å². The Morgan fingerprint density at radius 2 is 1.86 bits per heavy atom. The van der Waals surface area contributed by atoms with Gasteiger partial charge >= 0.3 is 6.18 Å². The normalized spacial score (nSPS) is 14.1. The van der Waals surface area contributed by atoms with Crippen LogP contribution in [-0.4, -0.2) is 6.18 Å². The topological polar surface area (TPSA) is 26.0 Å². The first kappa shape index (κ1) is 11.3. The van der Waals surface area contributed by atoms with Crippen LogP contribution in [0.2, 0.25) is 5.02 Å². The minimum atomic E-state index is -4.58. The monoisotopic (exact) mass is 227 g/mol. The molecule has 0 heterocycles. The fraction of sp³-hybridized carbons (Fsp3) is 0.250. The lowest BCUT2D eigenvalue weighted by Crippen LogP contribution is -2.28. The SMILES string of the molecule is N[C@H](c1ccc(Cl)c(F)c1)C(F)(F)F. The van der Waals surface area contributed by atoms with Crippen LogP contribution in [0.3, 0.4) is 0 Å². The third-order valence-corrected chi connectivity index (χ3v) is 1.96. The zero-order valence-electron chi connectivity index (χ0n) is 6.78. The summed E-state index contributed by atoms with van der Waals surface area (Å²) in [6.07, 6.45) is -4.58. The molecule has 0 aliphatic heterocycles. The molecule has 6 heteroatoms. The number of alkyl halides is 3. The summed E-state index contributed by atoms with van der Waals surface area (Å²) < 4.78 is 49.0. The van der Waals surface area contributed by atoms with Gasteiger partial charge < -0.3 is 5.73 Å². The molecule has 0 bridgehead atoms. The number of hydrogen-bond acceptors (Lipinski definition) is 1. The summed E-state index contributed by atoms with van der Waals surface area (Å²) in [5.74, 6) is -0.913. The zero-order chi connectivity index (χ0) is 10.9. The van der Waals surface area contributed by atoms with Gasteiger partial charge in [-0.15, -0.1) is 0 Å². The summed E-state index contributed by atoms with van der Waals surface area (Å²) in [5, 5.41) is -0.233. The van der Waals surface area contributed by atoms with E-state index < -0.39 is 18.0 Å². The fourth-order valence-electron chi connectivity index (χ4n) is 0.895. The number of rotatable bonds is 1. The van der Waals surface area contributed by atoms with Crippen molar-refractivity contribution in [3.63, 3.8) is 0 Å². The zero-order valence-corrected chi connectivity index (χ0v) is 7.53. The van der Waals surface area contributed by atoms with Crippen LogP contribution < -0.4 is 5.73 Å². The van der Waals surface area contributed by atoms with Gasteiger partial charge in [0.15, 0.2) is 0 Å². The summed E-state index contributed by atoms with van der Waals surface area (Å²) in [6, 6.07) is 0.580. The summed E-state index contributed by atoms with van der Waals surface area (Å²) in [7, 11) is 0. The van der Waals surface area contributed by atoms with Crippen molar-refractivity contribution in [1.29, 1.82) is 0 Å². The van der Waals surface area contributed by atoms with E-state index in [2.05, 4.69) is 0 Å². The van der Waals surface area contributed by atoms with E-state index in [1.807, 2.05) is 0 Å². The molecule has 1 aromatic rings. The van der Waals surface area contributed by atoms with Crippen molar-refractivity contribution >= 4 is 11.6 Å². The van der Waals surface area contributed by atoms with E-state index in [4.69, 9.17) is 17.3 Å². The Labute approximate surface area is 82.5 Å². The molecule has 1 nitrogen and oxygen atoms in total. The van der Waals surface area contributed by atoms with Gasteiger partial charge in [-0.25, -0.2) is 4.39 Å². The van der Waals surface area contributed by atoms with Crippen LogP contribution in [0.5, 0.6) is 0 Å². The second kappa shape index (κ2) is 3.74. The molecule has 0 radical (unpaired) electrons. The molecule has 0 aliphatic carbocycles. The molecule has 0 amide bonds. The molecule has 1 atom stereocenters. The maximum Gasteiger partial charge on any atom is 0.407 e. The summed E-state index contributed by atoms with van der Waals surface area (Å²) in [4.78, 5) is 0. The van der Waals surface area contributed by atoms with E-state index in [1.54, 1.807) is 0 Å². The molecule has 0 fully saturated rings. The Morgan fingerprint density at radius 3 is 2.29 bits per heavy atom. The molecule has 78 valence electrons. The van der Waals surface area contributed by atoms with E-state index in [0.29, 0.717) is 6.07 Å². The summed E-state index contributed by atoms with van der Waals surface area (Å²) in [5.41, 5.74) is 4.51.